The normalized spacial score (nSPS) is 12.5. The molecule has 2 N–H and O–H groups in total. The maximum absolute atomic E-state index is 14.2. The number of nitrogens with zero attached hydrogens (tertiary/aromatic N) is 1. The molecule has 0 radical (unpaired) electrons. The molecule has 2 unspecified atom stereocenters. The zero-order valence-electron chi connectivity index (χ0n) is 23.6. The highest BCUT2D eigenvalue weighted by atomic mass is 16.6. The molecule has 0 aromatic heterocycles. The Kier molecular flexibility index (Phi) is 11.3. The average molecular weight is 538 g/mol. The smallest absolute Gasteiger partial charge is 0.408 e. The van der Waals surface area contributed by atoms with Crippen LogP contribution in [0.2, 0.25) is 0 Å². The predicted octanol–water partition coefficient (Wildman–Crippen LogP) is 3.78. The number of hydrogen-bond donors (Lipinski definition) is 2. The van der Waals surface area contributed by atoms with Gasteiger partial charge in [0.15, 0.2) is 0 Å². The van der Waals surface area contributed by atoms with Crippen LogP contribution in [0.1, 0.15) is 49.1 Å². The molecule has 2 aromatic rings. The lowest BCUT2D eigenvalue weighted by molar-refractivity contribution is -0.144. The molecule has 0 aliphatic rings. The van der Waals surface area contributed by atoms with Crippen molar-refractivity contribution in [2.75, 3.05) is 20.2 Å². The van der Waals surface area contributed by atoms with E-state index >= 15 is 0 Å². The Hall–Kier alpha value is -4.14. The fourth-order valence-electron chi connectivity index (χ4n) is 4.13. The molecule has 2 atom stereocenters. The molecule has 9 nitrogen and oxygen atoms in total. The van der Waals surface area contributed by atoms with Gasteiger partial charge in [-0.2, -0.15) is 0 Å². The van der Waals surface area contributed by atoms with Crippen LogP contribution in [-0.2, 0) is 30.3 Å². The van der Waals surface area contributed by atoms with E-state index < -0.39 is 41.6 Å². The van der Waals surface area contributed by atoms with Crippen LogP contribution in [0.3, 0.4) is 0 Å². The number of aryl methyl sites for hydroxylation is 2. The van der Waals surface area contributed by atoms with Gasteiger partial charge in [-0.3, -0.25) is 14.4 Å². The highest BCUT2D eigenvalue weighted by Gasteiger charge is 2.36. The monoisotopic (exact) mass is 537 g/mol. The molecule has 0 saturated carbocycles. The van der Waals surface area contributed by atoms with E-state index in [1.165, 1.54) is 18.1 Å². The van der Waals surface area contributed by atoms with Gasteiger partial charge in [0.05, 0.1) is 7.11 Å². The van der Waals surface area contributed by atoms with Gasteiger partial charge in [-0.15, -0.1) is 6.58 Å². The van der Waals surface area contributed by atoms with Crippen molar-refractivity contribution in [1.82, 2.24) is 15.5 Å². The van der Waals surface area contributed by atoms with Gasteiger partial charge < -0.3 is 25.0 Å². The van der Waals surface area contributed by atoms with Crippen LogP contribution in [0.25, 0.3) is 0 Å². The first-order chi connectivity index (χ1) is 18.3. The molecule has 39 heavy (non-hydrogen) atoms. The third kappa shape index (κ3) is 9.92. The zero-order chi connectivity index (χ0) is 29.2. The minimum absolute atomic E-state index is 0.00339. The van der Waals surface area contributed by atoms with Crippen molar-refractivity contribution in [2.45, 2.75) is 58.7 Å². The fourth-order valence-corrected chi connectivity index (χ4v) is 4.13. The minimum Gasteiger partial charge on any atom is -0.468 e. The van der Waals surface area contributed by atoms with Gasteiger partial charge >= 0.3 is 12.1 Å². The van der Waals surface area contributed by atoms with E-state index in [1.807, 2.05) is 62.4 Å². The van der Waals surface area contributed by atoms with E-state index in [9.17, 15) is 19.2 Å². The van der Waals surface area contributed by atoms with E-state index in [-0.39, 0.29) is 19.5 Å². The second-order valence-electron chi connectivity index (χ2n) is 10.3. The van der Waals surface area contributed by atoms with Crippen LogP contribution < -0.4 is 10.6 Å². The van der Waals surface area contributed by atoms with E-state index in [4.69, 9.17) is 4.74 Å². The van der Waals surface area contributed by atoms with E-state index in [1.54, 1.807) is 20.8 Å². The topological polar surface area (TPSA) is 114 Å². The maximum Gasteiger partial charge on any atom is 0.408 e. The summed E-state index contributed by atoms with van der Waals surface area (Å²) in [6.07, 6.45) is 0.915. The van der Waals surface area contributed by atoms with Gasteiger partial charge in [-0.1, -0.05) is 65.7 Å². The number of ether oxygens (including phenoxy) is 2. The molecule has 9 heteroatoms. The Balaban J connectivity index is 2.55. The van der Waals surface area contributed by atoms with Crippen molar-refractivity contribution >= 4 is 23.9 Å². The number of alkyl carbamates (subject to hydrolysis) is 1. The van der Waals surface area contributed by atoms with Gasteiger partial charge in [0.1, 0.15) is 24.2 Å². The lowest BCUT2D eigenvalue weighted by Crippen LogP contribution is -2.54. The zero-order valence-corrected chi connectivity index (χ0v) is 23.6. The van der Waals surface area contributed by atoms with Crippen LogP contribution in [0, 0.1) is 13.8 Å². The van der Waals surface area contributed by atoms with Gasteiger partial charge in [-0.25, -0.2) is 4.79 Å². The number of carbonyl (C=O) groups is 4. The van der Waals surface area contributed by atoms with Crippen molar-refractivity contribution in [3.05, 3.63) is 83.4 Å². The first-order valence-corrected chi connectivity index (χ1v) is 12.7. The standard InChI is InChI=1S/C30H39N3O6/c1-8-14-33(26(27(35)31-19-25(34)38-7)23-16-20(2)15-21(3)17-23)28(36)24(18-22-12-10-9-11-13-22)32-29(37)39-30(4,5)6/h8-13,15-17,24,26H,1,14,18-19H2,2-7H3,(H,31,35)(H,32,37). The molecule has 0 heterocycles. The molecule has 0 bridgehead atoms. The van der Waals surface area contributed by atoms with Crippen molar-refractivity contribution in [3.8, 4) is 0 Å². The lowest BCUT2D eigenvalue weighted by atomic mass is 9.97. The molecule has 0 spiro atoms. The molecule has 0 saturated heterocycles. The number of esters is 1. The second-order valence-corrected chi connectivity index (χ2v) is 10.3. The van der Waals surface area contributed by atoms with Crippen molar-refractivity contribution < 1.29 is 28.7 Å². The number of benzene rings is 2. The quantitative estimate of drug-likeness (QED) is 0.333. The van der Waals surface area contributed by atoms with Crippen molar-refractivity contribution in [2.24, 2.45) is 0 Å². The number of hydrogen-bond acceptors (Lipinski definition) is 6. The molecule has 0 fully saturated rings. The largest absolute Gasteiger partial charge is 0.468 e. The Morgan fingerprint density at radius 2 is 1.64 bits per heavy atom. The summed E-state index contributed by atoms with van der Waals surface area (Å²) < 4.78 is 10.1. The first kappa shape index (κ1) is 31.1. The number of rotatable bonds is 11. The van der Waals surface area contributed by atoms with Crippen LogP contribution in [0.4, 0.5) is 4.79 Å². The summed E-state index contributed by atoms with van der Waals surface area (Å²) in [5, 5.41) is 5.27. The van der Waals surface area contributed by atoms with Crippen molar-refractivity contribution in [3.63, 3.8) is 0 Å². The van der Waals surface area contributed by atoms with Gasteiger partial charge in [0.25, 0.3) is 0 Å². The third-order valence-electron chi connectivity index (χ3n) is 5.63. The van der Waals surface area contributed by atoms with Gasteiger partial charge in [-0.05, 0) is 45.7 Å². The predicted molar refractivity (Wildman–Crippen MR) is 149 cm³/mol. The summed E-state index contributed by atoms with van der Waals surface area (Å²) >= 11 is 0. The molecule has 2 aromatic carbocycles. The van der Waals surface area contributed by atoms with Crippen LogP contribution >= 0.6 is 0 Å². The summed E-state index contributed by atoms with van der Waals surface area (Å²) in [4.78, 5) is 53.6. The Morgan fingerprint density at radius 1 is 1.03 bits per heavy atom. The summed E-state index contributed by atoms with van der Waals surface area (Å²) in [5.41, 5.74) is 2.38. The highest BCUT2D eigenvalue weighted by Crippen LogP contribution is 2.25. The Labute approximate surface area is 230 Å². The fraction of sp³-hybridized carbons (Fsp3) is 0.400. The summed E-state index contributed by atoms with van der Waals surface area (Å²) in [5.74, 6) is -1.71. The van der Waals surface area contributed by atoms with Crippen molar-refractivity contribution in [1.29, 1.82) is 0 Å². The summed E-state index contributed by atoms with van der Waals surface area (Å²) in [6, 6.07) is 12.6. The molecule has 0 aliphatic heterocycles. The Morgan fingerprint density at radius 3 is 2.18 bits per heavy atom. The van der Waals surface area contributed by atoms with E-state index in [2.05, 4.69) is 21.9 Å². The van der Waals surface area contributed by atoms with E-state index in [0.717, 1.165) is 16.7 Å². The molecular weight excluding hydrogens is 498 g/mol. The highest BCUT2D eigenvalue weighted by molar-refractivity contribution is 5.93. The number of carbonyl (C=O) groups excluding carboxylic acids is 4. The molecule has 3 amide bonds. The van der Waals surface area contributed by atoms with E-state index in [0.29, 0.717) is 5.56 Å². The summed E-state index contributed by atoms with van der Waals surface area (Å²) in [7, 11) is 1.22. The molecule has 2 rings (SSSR count). The molecule has 0 aliphatic carbocycles. The minimum atomic E-state index is -1.11. The number of nitrogens with one attached hydrogen (secondary N) is 2. The van der Waals surface area contributed by atoms with Crippen LogP contribution in [0.5, 0.6) is 0 Å². The first-order valence-electron chi connectivity index (χ1n) is 12.7. The lowest BCUT2D eigenvalue weighted by Gasteiger charge is -2.34. The average Bonchev–Trinajstić information content (AvgIpc) is 2.85. The summed E-state index contributed by atoms with van der Waals surface area (Å²) in [6.45, 7) is 12.4. The van der Waals surface area contributed by atoms with Gasteiger partial charge in [0.2, 0.25) is 11.8 Å². The third-order valence-corrected chi connectivity index (χ3v) is 5.63. The SMILES string of the molecule is C=CCN(C(=O)C(Cc1ccccc1)NC(=O)OC(C)(C)C)C(C(=O)NCC(=O)OC)c1cc(C)cc(C)c1. The molecule has 210 valence electrons. The van der Waals surface area contributed by atoms with Crippen LogP contribution in [-0.4, -0.2) is 60.6 Å². The second kappa shape index (κ2) is 14.1. The number of amides is 3. The number of methoxy groups -OCH3 is 1. The van der Waals surface area contributed by atoms with Crippen LogP contribution in [0.15, 0.2) is 61.2 Å². The Bertz CT molecular complexity index is 1150. The molecular formula is C30H39N3O6. The maximum atomic E-state index is 14.2. The van der Waals surface area contributed by atoms with Gasteiger partial charge in [0, 0.05) is 13.0 Å².